The summed E-state index contributed by atoms with van der Waals surface area (Å²) in [4.78, 5) is 4.65. The summed E-state index contributed by atoms with van der Waals surface area (Å²) in [6.07, 6.45) is 0. The Morgan fingerprint density at radius 1 is 1.12 bits per heavy atom. The molecule has 0 atom stereocenters. The normalized spacial score (nSPS) is 18.5. The Morgan fingerprint density at radius 2 is 1.76 bits per heavy atom. The highest BCUT2D eigenvalue weighted by molar-refractivity contribution is 6.43. The van der Waals surface area contributed by atoms with Crippen molar-refractivity contribution in [1.29, 1.82) is 0 Å². The molecular weight excluding hydrogens is 259 g/mol. The number of halogens is 2. The van der Waals surface area contributed by atoms with Gasteiger partial charge in [0.2, 0.25) is 0 Å². The number of hydrogen-bond donors (Lipinski definition) is 1. The van der Waals surface area contributed by atoms with Crippen LogP contribution in [-0.2, 0) is 6.54 Å². The molecule has 0 amide bonds. The molecule has 0 aliphatic carbocycles. The maximum absolute atomic E-state index is 9.43. The van der Waals surface area contributed by atoms with Crippen LogP contribution in [0.5, 0.6) is 5.75 Å². The van der Waals surface area contributed by atoms with Crippen molar-refractivity contribution in [3.8, 4) is 5.75 Å². The molecule has 0 aromatic heterocycles. The molecule has 0 unspecified atom stereocenters. The van der Waals surface area contributed by atoms with E-state index in [0.717, 1.165) is 38.3 Å². The van der Waals surface area contributed by atoms with E-state index in [1.807, 2.05) is 6.07 Å². The second-order valence-electron chi connectivity index (χ2n) is 4.45. The standard InChI is InChI=1S/C12H16Cl2N2O/c1-15-4-6-16(7-5-15)8-9-2-3-10(17)12(14)11(9)13/h2-3,17H,4-8H2,1H3. The van der Waals surface area contributed by atoms with Gasteiger partial charge < -0.3 is 10.0 Å². The molecule has 94 valence electrons. The Kier molecular flexibility index (Phi) is 4.15. The molecule has 1 fully saturated rings. The smallest absolute Gasteiger partial charge is 0.135 e. The van der Waals surface area contributed by atoms with Crippen LogP contribution in [0.3, 0.4) is 0 Å². The predicted molar refractivity (Wildman–Crippen MR) is 70.9 cm³/mol. The van der Waals surface area contributed by atoms with Crippen LogP contribution in [0.4, 0.5) is 0 Å². The van der Waals surface area contributed by atoms with E-state index in [4.69, 9.17) is 23.2 Å². The zero-order valence-corrected chi connectivity index (χ0v) is 11.3. The SMILES string of the molecule is CN1CCN(Cc2ccc(O)c(Cl)c2Cl)CC1. The molecule has 1 aliphatic heterocycles. The van der Waals surface area contributed by atoms with Crippen molar-refractivity contribution in [2.75, 3.05) is 33.2 Å². The molecule has 0 spiro atoms. The van der Waals surface area contributed by atoms with Crippen molar-refractivity contribution in [3.05, 3.63) is 27.7 Å². The van der Waals surface area contributed by atoms with Crippen LogP contribution in [0.25, 0.3) is 0 Å². The molecule has 1 saturated heterocycles. The third-order valence-electron chi connectivity index (χ3n) is 3.13. The van der Waals surface area contributed by atoms with E-state index in [9.17, 15) is 5.11 Å². The van der Waals surface area contributed by atoms with Gasteiger partial charge in [-0.05, 0) is 18.7 Å². The monoisotopic (exact) mass is 274 g/mol. The lowest BCUT2D eigenvalue weighted by atomic mass is 10.2. The van der Waals surface area contributed by atoms with Crippen LogP contribution in [-0.4, -0.2) is 48.1 Å². The first-order chi connectivity index (χ1) is 8.08. The molecule has 1 aliphatic rings. The fraction of sp³-hybridized carbons (Fsp3) is 0.500. The topological polar surface area (TPSA) is 26.7 Å². The molecule has 1 aromatic rings. The van der Waals surface area contributed by atoms with Crippen LogP contribution < -0.4 is 0 Å². The highest BCUT2D eigenvalue weighted by atomic mass is 35.5. The van der Waals surface area contributed by atoms with Crippen molar-refractivity contribution >= 4 is 23.2 Å². The molecule has 17 heavy (non-hydrogen) atoms. The molecule has 0 saturated carbocycles. The molecule has 1 aromatic carbocycles. The van der Waals surface area contributed by atoms with E-state index < -0.39 is 0 Å². The Labute approximate surface area is 112 Å². The van der Waals surface area contributed by atoms with Crippen LogP contribution in [0.1, 0.15) is 5.56 Å². The number of piperazine rings is 1. The van der Waals surface area contributed by atoms with E-state index >= 15 is 0 Å². The summed E-state index contributed by atoms with van der Waals surface area (Å²) in [6, 6.07) is 3.43. The zero-order chi connectivity index (χ0) is 12.4. The number of hydrogen-bond acceptors (Lipinski definition) is 3. The fourth-order valence-corrected chi connectivity index (χ4v) is 2.35. The van der Waals surface area contributed by atoms with Gasteiger partial charge in [-0.15, -0.1) is 0 Å². The highest BCUT2D eigenvalue weighted by Gasteiger charge is 2.16. The van der Waals surface area contributed by atoms with E-state index in [2.05, 4.69) is 16.8 Å². The number of phenols is 1. The van der Waals surface area contributed by atoms with Gasteiger partial charge in [0.05, 0.1) is 5.02 Å². The molecule has 5 heteroatoms. The van der Waals surface area contributed by atoms with Crippen molar-refractivity contribution < 1.29 is 5.11 Å². The Hall–Kier alpha value is -0.480. The maximum atomic E-state index is 9.43. The Bertz CT molecular complexity index is 404. The Balaban J connectivity index is 2.06. The van der Waals surface area contributed by atoms with Gasteiger partial charge in [0.15, 0.2) is 0 Å². The Morgan fingerprint density at radius 3 is 2.41 bits per heavy atom. The van der Waals surface area contributed by atoms with Crippen LogP contribution >= 0.6 is 23.2 Å². The number of likely N-dealkylation sites (N-methyl/N-ethyl adjacent to an activating group) is 1. The summed E-state index contributed by atoms with van der Waals surface area (Å²) < 4.78 is 0. The van der Waals surface area contributed by atoms with Crippen molar-refractivity contribution in [2.45, 2.75) is 6.54 Å². The lowest BCUT2D eigenvalue weighted by molar-refractivity contribution is 0.148. The second-order valence-corrected chi connectivity index (χ2v) is 5.21. The molecule has 2 rings (SSSR count). The molecule has 0 radical (unpaired) electrons. The third-order valence-corrected chi connectivity index (χ3v) is 4.04. The number of benzene rings is 1. The number of nitrogens with zero attached hydrogens (tertiary/aromatic N) is 2. The average molecular weight is 275 g/mol. The number of phenolic OH excluding ortho intramolecular Hbond substituents is 1. The van der Waals surface area contributed by atoms with E-state index in [-0.39, 0.29) is 10.8 Å². The quantitative estimate of drug-likeness (QED) is 0.898. The van der Waals surface area contributed by atoms with Gasteiger partial charge in [0, 0.05) is 32.7 Å². The number of rotatable bonds is 2. The van der Waals surface area contributed by atoms with Crippen molar-refractivity contribution in [3.63, 3.8) is 0 Å². The molecule has 0 bridgehead atoms. The lowest BCUT2D eigenvalue weighted by Gasteiger charge is -2.32. The summed E-state index contributed by atoms with van der Waals surface area (Å²) in [5.74, 6) is 0.0406. The van der Waals surface area contributed by atoms with Crippen molar-refractivity contribution in [2.24, 2.45) is 0 Å². The third kappa shape index (κ3) is 3.05. The van der Waals surface area contributed by atoms with E-state index in [0.29, 0.717) is 5.02 Å². The zero-order valence-electron chi connectivity index (χ0n) is 9.79. The minimum absolute atomic E-state index is 0.0406. The first-order valence-electron chi connectivity index (χ1n) is 5.64. The van der Waals surface area contributed by atoms with Gasteiger partial charge in [-0.3, -0.25) is 4.90 Å². The maximum Gasteiger partial charge on any atom is 0.135 e. The summed E-state index contributed by atoms with van der Waals surface area (Å²) in [5, 5.41) is 10.1. The summed E-state index contributed by atoms with van der Waals surface area (Å²) in [6.45, 7) is 5.00. The highest BCUT2D eigenvalue weighted by Crippen LogP contribution is 2.34. The molecule has 3 nitrogen and oxygen atoms in total. The molecule has 1 heterocycles. The fourth-order valence-electron chi connectivity index (χ4n) is 1.95. The summed E-state index contributed by atoms with van der Waals surface area (Å²) >= 11 is 12.0. The van der Waals surface area contributed by atoms with Crippen LogP contribution in [0, 0.1) is 0 Å². The predicted octanol–water partition coefficient (Wildman–Crippen LogP) is 2.45. The van der Waals surface area contributed by atoms with Crippen LogP contribution in [0.15, 0.2) is 12.1 Å². The largest absolute Gasteiger partial charge is 0.506 e. The van der Waals surface area contributed by atoms with Crippen molar-refractivity contribution in [1.82, 2.24) is 9.80 Å². The van der Waals surface area contributed by atoms with Gasteiger partial charge in [0.1, 0.15) is 10.8 Å². The minimum Gasteiger partial charge on any atom is -0.506 e. The van der Waals surface area contributed by atoms with Gasteiger partial charge in [-0.2, -0.15) is 0 Å². The minimum atomic E-state index is 0.0406. The lowest BCUT2D eigenvalue weighted by Crippen LogP contribution is -2.43. The van der Waals surface area contributed by atoms with Gasteiger partial charge in [-0.25, -0.2) is 0 Å². The van der Waals surface area contributed by atoms with Gasteiger partial charge in [-0.1, -0.05) is 29.3 Å². The average Bonchev–Trinajstić information content (AvgIpc) is 2.33. The number of aromatic hydroxyl groups is 1. The first-order valence-corrected chi connectivity index (χ1v) is 6.40. The second kappa shape index (κ2) is 5.44. The van der Waals surface area contributed by atoms with Gasteiger partial charge >= 0.3 is 0 Å². The van der Waals surface area contributed by atoms with Crippen LogP contribution in [0.2, 0.25) is 10.0 Å². The summed E-state index contributed by atoms with van der Waals surface area (Å²) in [7, 11) is 2.13. The molecule has 1 N–H and O–H groups in total. The molecular formula is C12H16Cl2N2O. The first kappa shape index (κ1) is 13.0. The summed E-state index contributed by atoms with van der Waals surface area (Å²) in [5.41, 5.74) is 0.971. The van der Waals surface area contributed by atoms with Gasteiger partial charge in [0.25, 0.3) is 0 Å². The van der Waals surface area contributed by atoms with E-state index in [1.165, 1.54) is 0 Å². The van der Waals surface area contributed by atoms with E-state index in [1.54, 1.807) is 6.07 Å².